The van der Waals surface area contributed by atoms with Gasteiger partial charge in [0.15, 0.2) is 0 Å². The fourth-order valence-corrected chi connectivity index (χ4v) is 2.77. The minimum Gasteiger partial charge on any atom is -0.281 e. The molecule has 0 aromatic heterocycles. The van der Waals surface area contributed by atoms with Crippen LogP contribution in [-0.2, 0) is 0 Å². The van der Waals surface area contributed by atoms with Gasteiger partial charge in [-0.1, -0.05) is 48.6 Å². The maximum atomic E-state index is 4.95. The van der Waals surface area contributed by atoms with E-state index in [-0.39, 0.29) is 0 Å². The van der Waals surface area contributed by atoms with Crippen LogP contribution in [0.3, 0.4) is 0 Å². The summed E-state index contributed by atoms with van der Waals surface area (Å²) in [6.07, 6.45) is 14.1. The van der Waals surface area contributed by atoms with E-state index >= 15 is 0 Å². The van der Waals surface area contributed by atoms with Crippen LogP contribution in [0.15, 0.2) is 60.1 Å². The second-order valence-corrected chi connectivity index (χ2v) is 5.20. The predicted molar refractivity (Wildman–Crippen MR) is 82.3 cm³/mol. The van der Waals surface area contributed by atoms with Crippen molar-refractivity contribution in [2.45, 2.75) is 25.3 Å². The Hall–Kier alpha value is -1.89. The molecule has 2 aliphatic carbocycles. The first-order chi connectivity index (χ1) is 9.36. The Kier molecular flexibility index (Phi) is 3.45. The third-order valence-electron chi connectivity index (χ3n) is 3.91. The summed E-state index contributed by atoms with van der Waals surface area (Å²) in [7, 11) is 0. The third-order valence-corrected chi connectivity index (χ3v) is 3.91. The molecule has 19 heavy (non-hydrogen) atoms. The quantitative estimate of drug-likeness (QED) is 0.671. The lowest BCUT2D eigenvalue weighted by atomic mass is 9.91. The molecular formula is C18H19N. The standard InChI is InChI=1S/C18H19N/c1-2-14-10-12-16(13-11-14)19-18-9-5-7-15-6-3-4-8-17(15)18/h2-8,10,12,14,18H,1,9,11,13H2. The Balaban J connectivity index is 1.85. The molecule has 0 aliphatic heterocycles. The van der Waals surface area contributed by atoms with E-state index in [4.69, 9.17) is 4.99 Å². The lowest BCUT2D eigenvalue weighted by Crippen LogP contribution is -2.09. The van der Waals surface area contributed by atoms with E-state index in [1.807, 2.05) is 6.08 Å². The van der Waals surface area contributed by atoms with Crippen LogP contribution in [0.5, 0.6) is 0 Å². The highest BCUT2D eigenvalue weighted by atomic mass is 14.8. The topological polar surface area (TPSA) is 12.4 Å². The van der Waals surface area contributed by atoms with Crippen molar-refractivity contribution in [1.29, 1.82) is 0 Å². The summed E-state index contributed by atoms with van der Waals surface area (Å²) >= 11 is 0. The summed E-state index contributed by atoms with van der Waals surface area (Å²) < 4.78 is 0. The number of hydrogen-bond donors (Lipinski definition) is 0. The highest BCUT2D eigenvalue weighted by molar-refractivity contribution is 5.96. The maximum Gasteiger partial charge on any atom is 0.0792 e. The summed E-state index contributed by atoms with van der Waals surface area (Å²) in [6, 6.07) is 8.86. The monoisotopic (exact) mass is 249 g/mol. The minimum absolute atomic E-state index is 0.293. The highest BCUT2D eigenvalue weighted by Gasteiger charge is 2.17. The molecule has 0 amide bonds. The molecule has 0 saturated heterocycles. The van der Waals surface area contributed by atoms with Gasteiger partial charge in [0, 0.05) is 5.71 Å². The van der Waals surface area contributed by atoms with Gasteiger partial charge >= 0.3 is 0 Å². The van der Waals surface area contributed by atoms with E-state index in [0.717, 1.165) is 19.3 Å². The lowest BCUT2D eigenvalue weighted by Gasteiger charge is -2.21. The SMILES string of the molecule is C=CC1C=CC(=NC2CC=Cc3ccccc32)CC1. The molecule has 0 fully saturated rings. The average Bonchev–Trinajstić information content (AvgIpc) is 2.48. The van der Waals surface area contributed by atoms with Crippen LogP contribution in [0.4, 0.5) is 0 Å². The molecule has 2 aliphatic rings. The first kappa shape index (κ1) is 12.2. The van der Waals surface area contributed by atoms with Gasteiger partial charge in [0.05, 0.1) is 6.04 Å². The first-order valence-electron chi connectivity index (χ1n) is 7.00. The highest BCUT2D eigenvalue weighted by Crippen LogP contribution is 2.31. The second kappa shape index (κ2) is 5.40. The molecule has 0 bridgehead atoms. The number of nitrogens with zero attached hydrogens (tertiary/aromatic N) is 1. The Labute approximate surface area is 115 Å². The molecule has 1 nitrogen and oxygen atoms in total. The normalized spacial score (nSPS) is 27.3. The molecule has 1 aromatic carbocycles. The molecule has 3 rings (SSSR count). The van der Waals surface area contributed by atoms with Crippen molar-refractivity contribution in [3.05, 3.63) is 66.3 Å². The van der Waals surface area contributed by atoms with Crippen LogP contribution >= 0.6 is 0 Å². The zero-order valence-electron chi connectivity index (χ0n) is 11.1. The van der Waals surface area contributed by atoms with Gasteiger partial charge in [0.2, 0.25) is 0 Å². The van der Waals surface area contributed by atoms with E-state index in [1.165, 1.54) is 16.8 Å². The van der Waals surface area contributed by atoms with Gasteiger partial charge in [0.25, 0.3) is 0 Å². The van der Waals surface area contributed by atoms with Gasteiger partial charge in [0.1, 0.15) is 0 Å². The number of fused-ring (bicyclic) bond motifs is 1. The molecule has 0 heterocycles. The molecule has 0 spiro atoms. The largest absolute Gasteiger partial charge is 0.281 e. The number of benzene rings is 1. The lowest BCUT2D eigenvalue weighted by molar-refractivity contribution is 0.699. The summed E-state index contributed by atoms with van der Waals surface area (Å²) in [5.41, 5.74) is 3.90. The Morgan fingerprint density at radius 2 is 2.11 bits per heavy atom. The van der Waals surface area contributed by atoms with Crippen molar-refractivity contribution in [2.75, 3.05) is 0 Å². The second-order valence-electron chi connectivity index (χ2n) is 5.20. The molecule has 1 aromatic rings. The van der Waals surface area contributed by atoms with Gasteiger partial charge in [-0.15, -0.1) is 6.58 Å². The van der Waals surface area contributed by atoms with Crippen molar-refractivity contribution >= 4 is 11.8 Å². The molecule has 0 N–H and O–H groups in total. The van der Waals surface area contributed by atoms with Gasteiger partial charge < -0.3 is 0 Å². The van der Waals surface area contributed by atoms with Gasteiger partial charge in [-0.2, -0.15) is 0 Å². The summed E-state index contributed by atoms with van der Waals surface area (Å²) in [5.74, 6) is 0.525. The van der Waals surface area contributed by atoms with E-state index < -0.39 is 0 Å². The van der Waals surface area contributed by atoms with Crippen molar-refractivity contribution in [1.82, 2.24) is 0 Å². The Morgan fingerprint density at radius 3 is 2.89 bits per heavy atom. The molecule has 0 saturated carbocycles. The number of allylic oxidation sites excluding steroid dienone is 3. The Morgan fingerprint density at radius 1 is 1.21 bits per heavy atom. The van der Waals surface area contributed by atoms with Crippen LogP contribution in [0.2, 0.25) is 0 Å². The van der Waals surface area contributed by atoms with Crippen molar-refractivity contribution in [3.63, 3.8) is 0 Å². The minimum atomic E-state index is 0.293. The molecule has 96 valence electrons. The summed E-state index contributed by atoms with van der Waals surface area (Å²) in [4.78, 5) is 4.95. The van der Waals surface area contributed by atoms with Crippen molar-refractivity contribution in [3.8, 4) is 0 Å². The smallest absolute Gasteiger partial charge is 0.0792 e. The summed E-state index contributed by atoms with van der Waals surface area (Å²) in [6.45, 7) is 3.85. The van der Waals surface area contributed by atoms with Crippen molar-refractivity contribution < 1.29 is 0 Å². The number of rotatable bonds is 2. The van der Waals surface area contributed by atoms with Crippen LogP contribution in [0.25, 0.3) is 6.08 Å². The van der Waals surface area contributed by atoms with Crippen LogP contribution in [0.1, 0.15) is 36.4 Å². The fraction of sp³-hybridized carbons (Fsp3) is 0.278. The van der Waals surface area contributed by atoms with Gasteiger partial charge in [-0.25, -0.2) is 0 Å². The predicted octanol–water partition coefficient (Wildman–Crippen LogP) is 4.74. The van der Waals surface area contributed by atoms with Crippen LogP contribution in [0, 0.1) is 5.92 Å². The van der Waals surface area contributed by atoms with Gasteiger partial charge in [-0.05, 0) is 42.4 Å². The Bertz CT molecular complexity index is 563. The zero-order chi connectivity index (χ0) is 13.1. The molecule has 2 atom stereocenters. The fourth-order valence-electron chi connectivity index (χ4n) is 2.77. The maximum absolute atomic E-state index is 4.95. The molecule has 1 heteroatoms. The van der Waals surface area contributed by atoms with E-state index in [9.17, 15) is 0 Å². The number of aliphatic imine (C=N–C) groups is 1. The van der Waals surface area contributed by atoms with Crippen molar-refractivity contribution in [2.24, 2.45) is 10.9 Å². The van der Waals surface area contributed by atoms with E-state index in [2.05, 4.69) is 55.1 Å². The zero-order valence-corrected chi connectivity index (χ0v) is 11.1. The van der Waals surface area contributed by atoms with Crippen LogP contribution < -0.4 is 0 Å². The molecular weight excluding hydrogens is 230 g/mol. The molecule has 2 unspecified atom stereocenters. The third kappa shape index (κ3) is 2.60. The summed E-state index contributed by atoms with van der Waals surface area (Å²) in [5, 5.41) is 0. The average molecular weight is 249 g/mol. The number of hydrogen-bond acceptors (Lipinski definition) is 1. The molecule has 0 radical (unpaired) electrons. The first-order valence-corrected chi connectivity index (χ1v) is 7.00. The van der Waals surface area contributed by atoms with E-state index in [1.54, 1.807) is 0 Å². The van der Waals surface area contributed by atoms with Crippen LogP contribution in [-0.4, -0.2) is 5.71 Å². The van der Waals surface area contributed by atoms with Gasteiger partial charge in [-0.3, -0.25) is 4.99 Å². The van der Waals surface area contributed by atoms with E-state index in [0.29, 0.717) is 12.0 Å².